The van der Waals surface area contributed by atoms with Gasteiger partial charge in [0.05, 0.1) is 5.56 Å². The Morgan fingerprint density at radius 2 is 2.29 bits per heavy atom. The van der Waals surface area contributed by atoms with Gasteiger partial charge in [0.25, 0.3) is 0 Å². The van der Waals surface area contributed by atoms with E-state index in [9.17, 15) is 9.59 Å². The van der Waals surface area contributed by atoms with Gasteiger partial charge in [0.15, 0.2) is 5.78 Å². The van der Waals surface area contributed by atoms with Crippen molar-refractivity contribution in [2.24, 2.45) is 5.92 Å². The molecule has 1 aromatic rings. The minimum absolute atomic E-state index is 0.203. The number of Topliss-reactive ketones (excluding diaryl/α,β-unsaturated/α-hetero) is 1. The van der Waals surface area contributed by atoms with Crippen molar-refractivity contribution in [1.29, 1.82) is 0 Å². The molecule has 0 spiro atoms. The molecule has 5 nitrogen and oxygen atoms in total. The molecule has 2 rings (SSSR count). The van der Waals surface area contributed by atoms with E-state index in [1.807, 2.05) is 18.7 Å². The number of rotatable bonds is 2. The molecule has 5 heteroatoms. The molecule has 1 aliphatic heterocycles. The van der Waals surface area contributed by atoms with E-state index in [1.165, 1.54) is 0 Å². The largest absolute Gasteiger partial charge is 0.481 e. The van der Waals surface area contributed by atoms with E-state index >= 15 is 0 Å². The number of aryl methyl sites for hydroxylation is 1. The summed E-state index contributed by atoms with van der Waals surface area (Å²) >= 11 is 0. The molecule has 1 aliphatic rings. The van der Waals surface area contributed by atoms with Gasteiger partial charge in [-0.25, -0.2) is 4.98 Å². The summed E-state index contributed by atoms with van der Waals surface area (Å²) in [5, 5.41) is 9.03. The van der Waals surface area contributed by atoms with E-state index in [2.05, 4.69) is 4.98 Å². The topological polar surface area (TPSA) is 70.5 Å². The number of carbonyl (C=O) groups excluding carboxylic acids is 1. The smallest absolute Gasteiger partial charge is 0.316 e. The molecule has 0 radical (unpaired) electrons. The lowest BCUT2D eigenvalue weighted by atomic mass is 9.93. The highest BCUT2D eigenvalue weighted by Gasteiger charge is 2.36. The molecule has 1 N–H and O–H groups in total. The molecule has 2 heterocycles. The van der Waals surface area contributed by atoms with E-state index in [4.69, 9.17) is 5.11 Å². The lowest BCUT2D eigenvalue weighted by molar-refractivity contribution is -0.139. The zero-order valence-corrected chi connectivity index (χ0v) is 9.80. The Hall–Kier alpha value is -1.91. The number of carbonyl (C=O) groups is 2. The molecule has 17 heavy (non-hydrogen) atoms. The minimum Gasteiger partial charge on any atom is -0.481 e. The molecule has 0 aliphatic carbocycles. The van der Waals surface area contributed by atoms with Crippen LogP contribution in [-0.4, -0.2) is 34.9 Å². The molecule has 0 saturated heterocycles. The van der Waals surface area contributed by atoms with Gasteiger partial charge in [-0.2, -0.15) is 0 Å². The fraction of sp³-hybridized carbons (Fsp3) is 0.417. The molecule has 0 amide bonds. The van der Waals surface area contributed by atoms with Crippen LogP contribution in [0, 0.1) is 12.8 Å². The average molecular weight is 234 g/mol. The predicted molar refractivity (Wildman–Crippen MR) is 62.3 cm³/mol. The van der Waals surface area contributed by atoms with Crippen LogP contribution in [0.3, 0.4) is 0 Å². The molecular weight excluding hydrogens is 220 g/mol. The number of aromatic nitrogens is 1. The third-order valence-corrected chi connectivity index (χ3v) is 2.98. The summed E-state index contributed by atoms with van der Waals surface area (Å²) < 4.78 is 0. The highest BCUT2D eigenvalue weighted by atomic mass is 16.4. The lowest BCUT2D eigenvalue weighted by Crippen LogP contribution is -2.43. The molecule has 0 aromatic carbocycles. The second-order valence-corrected chi connectivity index (χ2v) is 4.12. The maximum absolute atomic E-state index is 12.0. The lowest BCUT2D eigenvalue weighted by Gasteiger charge is -2.31. The van der Waals surface area contributed by atoms with E-state index in [-0.39, 0.29) is 12.3 Å². The highest BCUT2D eigenvalue weighted by molar-refractivity contribution is 6.12. The number of anilines is 1. The maximum Gasteiger partial charge on any atom is 0.316 e. The number of hydrogen-bond acceptors (Lipinski definition) is 4. The number of ketones is 1. The number of nitrogens with zero attached hydrogens (tertiary/aromatic N) is 2. The van der Waals surface area contributed by atoms with Crippen molar-refractivity contribution in [3.05, 3.63) is 23.4 Å². The van der Waals surface area contributed by atoms with Gasteiger partial charge in [-0.1, -0.05) is 0 Å². The van der Waals surface area contributed by atoms with Gasteiger partial charge >= 0.3 is 5.97 Å². The van der Waals surface area contributed by atoms with Crippen molar-refractivity contribution in [2.45, 2.75) is 13.8 Å². The molecule has 90 valence electrons. The standard InChI is InChI=1S/C12H14N2O3/c1-3-14-6-9(12(16)17)10(15)8-5-4-7(2)13-11(8)14/h4-5,9H,3,6H2,1-2H3,(H,16,17)/t9-/m0/s1. The zero-order chi connectivity index (χ0) is 12.6. The van der Waals surface area contributed by atoms with Crippen molar-refractivity contribution in [2.75, 3.05) is 18.0 Å². The number of pyridine rings is 1. The number of hydrogen-bond donors (Lipinski definition) is 1. The van der Waals surface area contributed by atoms with Crippen LogP contribution in [0.2, 0.25) is 0 Å². The molecule has 0 bridgehead atoms. The van der Waals surface area contributed by atoms with Crippen molar-refractivity contribution >= 4 is 17.6 Å². The second-order valence-electron chi connectivity index (χ2n) is 4.12. The van der Waals surface area contributed by atoms with Crippen molar-refractivity contribution < 1.29 is 14.7 Å². The van der Waals surface area contributed by atoms with Crippen molar-refractivity contribution in [3.63, 3.8) is 0 Å². The van der Waals surface area contributed by atoms with E-state index in [1.54, 1.807) is 12.1 Å². The highest BCUT2D eigenvalue weighted by Crippen LogP contribution is 2.28. The normalized spacial score (nSPS) is 19.1. The Morgan fingerprint density at radius 1 is 1.59 bits per heavy atom. The number of carboxylic acid groups (broad SMARTS) is 1. The summed E-state index contributed by atoms with van der Waals surface area (Å²) in [4.78, 5) is 29.2. The summed E-state index contributed by atoms with van der Waals surface area (Å²) in [6.45, 7) is 4.61. The van der Waals surface area contributed by atoms with Crippen LogP contribution in [0.15, 0.2) is 12.1 Å². The molecule has 0 unspecified atom stereocenters. The third kappa shape index (κ3) is 1.88. The fourth-order valence-corrected chi connectivity index (χ4v) is 2.02. The Morgan fingerprint density at radius 3 is 2.88 bits per heavy atom. The van der Waals surface area contributed by atoms with Crippen LogP contribution < -0.4 is 4.90 Å². The molecular formula is C12H14N2O3. The average Bonchev–Trinajstić information content (AvgIpc) is 2.29. The Kier molecular flexibility index (Phi) is 2.83. The van der Waals surface area contributed by atoms with Crippen LogP contribution in [0.5, 0.6) is 0 Å². The number of aliphatic carboxylic acids is 1. The van der Waals surface area contributed by atoms with Gasteiger partial charge in [0.1, 0.15) is 11.7 Å². The summed E-state index contributed by atoms with van der Waals surface area (Å²) in [5.74, 6) is -1.79. The monoisotopic (exact) mass is 234 g/mol. The summed E-state index contributed by atoms with van der Waals surface area (Å²) in [6, 6.07) is 3.40. The summed E-state index contributed by atoms with van der Waals surface area (Å²) in [7, 11) is 0. The molecule has 0 saturated carbocycles. The van der Waals surface area contributed by atoms with E-state index in [0.29, 0.717) is 17.9 Å². The van der Waals surface area contributed by atoms with Gasteiger partial charge in [0, 0.05) is 18.8 Å². The van der Waals surface area contributed by atoms with Crippen molar-refractivity contribution in [3.8, 4) is 0 Å². The molecule has 1 aromatic heterocycles. The van der Waals surface area contributed by atoms with Crippen LogP contribution in [0.1, 0.15) is 23.0 Å². The summed E-state index contributed by atoms with van der Waals surface area (Å²) in [6.07, 6.45) is 0. The van der Waals surface area contributed by atoms with E-state index < -0.39 is 11.9 Å². The SMILES string of the molecule is CCN1C[C@H](C(=O)O)C(=O)c2ccc(C)nc21. The molecule has 0 fully saturated rings. The van der Waals surface area contributed by atoms with Crippen molar-refractivity contribution in [1.82, 2.24) is 4.98 Å². The van der Waals surface area contributed by atoms with Gasteiger partial charge in [-0.3, -0.25) is 9.59 Å². The van der Waals surface area contributed by atoms with Crippen LogP contribution >= 0.6 is 0 Å². The molecule has 1 atom stereocenters. The predicted octanol–water partition coefficient (Wildman–Crippen LogP) is 1.11. The van der Waals surface area contributed by atoms with Gasteiger partial charge in [0.2, 0.25) is 0 Å². The van der Waals surface area contributed by atoms with Gasteiger partial charge in [-0.15, -0.1) is 0 Å². The number of carboxylic acids is 1. The third-order valence-electron chi connectivity index (χ3n) is 2.98. The first-order valence-electron chi connectivity index (χ1n) is 5.54. The Labute approximate surface area is 99.1 Å². The van der Waals surface area contributed by atoms with Crippen LogP contribution in [-0.2, 0) is 4.79 Å². The first-order valence-corrected chi connectivity index (χ1v) is 5.54. The Bertz CT molecular complexity index is 485. The fourth-order valence-electron chi connectivity index (χ4n) is 2.02. The first kappa shape index (κ1) is 11.6. The zero-order valence-electron chi connectivity index (χ0n) is 9.80. The van der Waals surface area contributed by atoms with E-state index in [0.717, 1.165) is 5.69 Å². The maximum atomic E-state index is 12.0. The minimum atomic E-state index is -1.07. The van der Waals surface area contributed by atoms with Gasteiger partial charge < -0.3 is 10.0 Å². The second kappa shape index (κ2) is 4.16. The Balaban J connectivity index is 2.51. The first-order chi connectivity index (χ1) is 8.04. The summed E-state index contributed by atoms with van der Waals surface area (Å²) in [5.41, 5.74) is 1.24. The van der Waals surface area contributed by atoms with Gasteiger partial charge in [-0.05, 0) is 26.0 Å². The number of fused-ring (bicyclic) bond motifs is 1. The van der Waals surface area contributed by atoms with Crippen LogP contribution in [0.25, 0.3) is 0 Å². The van der Waals surface area contributed by atoms with Crippen LogP contribution in [0.4, 0.5) is 5.82 Å². The quantitative estimate of drug-likeness (QED) is 0.776.